The number of rotatable bonds is 11. The third kappa shape index (κ3) is 7.05. The lowest BCUT2D eigenvalue weighted by Crippen LogP contribution is -2.40. The van der Waals surface area contributed by atoms with Crippen molar-refractivity contribution in [1.82, 2.24) is 5.32 Å². The zero-order valence-corrected chi connectivity index (χ0v) is 17.1. The third-order valence-corrected chi connectivity index (χ3v) is 4.25. The van der Waals surface area contributed by atoms with E-state index in [4.69, 9.17) is 25.4 Å². The maximum atomic E-state index is 12.4. The van der Waals surface area contributed by atoms with Crippen molar-refractivity contribution < 1.29 is 23.7 Å². The van der Waals surface area contributed by atoms with Crippen LogP contribution in [0.1, 0.15) is 11.1 Å². The Bertz CT molecular complexity index is 826. The average Bonchev–Trinajstić information content (AvgIpc) is 2.74. The van der Waals surface area contributed by atoms with Crippen molar-refractivity contribution in [1.29, 1.82) is 0 Å². The number of hydrogen-bond acceptors (Lipinski definition) is 5. The summed E-state index contributed by atoms with van der Waals surface area (Å²) in [6.07, 6.45) is 5.16. The summed E-state index contributed by atoms with van der Waals surface area (Å²) in [6, 6.07) is 13.2. The predicted molar refractivity (Wildman–Crippen MR) is 112 cm³/mol. The molecule has 0 saturated carbocycles. The van der Waals surface area contributed by atoms with E-state index in [0.29, 0.717) is 30.2 Å². The number of ether oxygens (including phenoxy) is 4. The van der Waals surface area contributed by atoms with Gasteiger partial charge in [-0.05, 0) is 43.2 Å². The molecular weight excluding hydrogens is 370 g/mol. The molecule has 0 aliphatic rings. The maximum Gasteiger partial charge on any atom is 0.252 e. The Morgan fingerprint density at radius 1 is 1.10 bits per heavy atom. The smallest absolute Gasteiger partial charge is 0.252 e. The molecule has 0 bridgehead atoms. The fourth-order valence-electron chi connectivity index (χ4n) is 2.61. The molecule has 2 rings (SSSR count). The fourth-order valence-corrected chi connectivity index (χ4v) is 2.61. The van der Waals surface area contributed by atoms with Gasteiger partial charge < -0.3 is 24.3 Å². The standard InChI is InChI=1S/C23H27NO5/c1-5-14-28-20-11-8-18(15-21(20)26-3)12-13-24-23(25)22(27-4)16-29-19-9-6-17(2)7-10-19/h1,6-11,15,22H,12-14,16H2,2-4H3,(H,24,25)/t22-/m1/s1. The van der Waals surface area contributed by atoms with E-state index >= 15 is 0 Å². The number of carbonyl (C=O) groups excluding carboxylic acids is 1. The highest BCUT2D eigenvalue weighted by atomic mass is 16.5. The molecule has 6 nitrogen and oxygen atoms in total. The van der Waals surface area contributed by atoms with Gasteiger partial charge in [0.1, 0.15) is 19.0 Å². The van der Waals surface area contributed by atoms with Gasteiger partial charge >= 0.3 is 0 Å². The summed E-state index contributed by atoms with van der Waals surface area (Å²) in [4.78, 5) is 12.4. The van der Waals surface area contributed by atoms with Crippen LogP contribution in [0.25, 0.3) is 0 Å². The number of nitrogens with one attached hydrogen (secondary N) is 1. The highest BCUT2D eigenvalue weighted by molar-refractivity contribution is 5.80. The summed E-state index contributed by atoms with van der Waals surface area (Å²) in [6.45, 7) is 2.77. The van der Waals surface area contributed by atoms with Gasteiger partial charge in [-0.15, -0.1) is 6.42 Å². The van der Waals surface area contributed by atoms with Crippen LogP contribution in [-0.4, -0.2) is 46.0 Å². The Hall–Kier alpha value is -3.17. The summed E-state index contributed by atoms with van der Waals surface area (Å²) in [5.41, 5.74) is 2.14. The molecule has 2 aromatic carbocycles. The van der Waals surface area contributed by atoms with E-state index in [1.54, 1.807) is 13.2 Å². The minimum Gasteiger partial charge on any atom is -0.493 e. The van der Waals surface area contributed by atoms with Crippen molar-refractivity contribution in [2.45, 2.75) is 19.4 Å². The zero-order valence-electron chi connectivity index (χ0n) is 17.1. The molecule has 0 unspecified atom stereocenters. The number of methoxy groups -OCH3 is 2. The number of hydrogen-bond donors (Lipinski definition) is 1. The molecule has 1 atom stereocenters. The quantitative estimate of drug-likeness (QED) is 0.591. The van der Waals surface area contributed by atoms with Crippen LogP contribution in [0.4, 0.5) is 0 Å². The first-order chi connectivity index (χ1) is 14.1. The lowest BCUT2D eigenvalue weighted by Gasteiger charge is -2.16. The van der Waals surface area contributed by atoms with Crippen LogP contribution < -0.4 is 19.5 Å². The first-order valence-electron chi connectivity index (χ1n) is 9.30. The summed E-state index contributed by atoms with van der Waals surface area (Å²) < 4.78 is 21.7. The van der Waals surface area contributed by atoms with E-state index < -0.39 is 6.10 Å². The summed E-state index contributed by atoms with van der Waals surface area (Å²) in [5.74, 6) is 4.09. The molecule has 0 heterocycles. The Balaban J connectivity index is 1.82. The molecule has 29 heavy (non-hydrogen) atoms. The Morgan fingerprint density at radius 3 is 2.52 bits per heavy atom. The average molecular weight is 397 g/mol. The monoisotopic (exact) mass is 397 g/mol. The van der Waals surface area contributed by atoms with Gasteiger partial charge in [0.05, 0.1) is 7.11 Å². The number of terminal acetylenes is 1. The topological polar surface area (TPSA) is 66.0 Å². The van der Waals surface area contributed by atoms with Gasteiger partial charge in [-0.25, -0.2) is 0 Å². The number of amides is 1. The van der Waals surface area contributed by atoms with Gasteiger partial charge in [0.25, 0.3) is 5.91 Å². The van der Waals surface area contributed by atoms with Crippen LogP contribution in [0.2, 0.25) is 0 Å². The maximum absolute atomic E-state index is 12.4. The highest BCUT2D eigenvalue weighted by Gasteiger charge is 2.18. The van der Waals surface area contributed by atoms with E-state index in [1.165, 1.54) is 7.11 Å². The van der Waals surface area contributed by atoms with E-state index in [2.05, 4.69) is 11.2 Å². The molecule has 0 fully saturated rings. The normalized spacial score (nSPS) is 11.2. The Labute approximate surface area is 172 Å². The number of carbonyl (C=O) groups is 1. The van der Waals surface area contributed by atoms with E-state index in [1.807, 2.05) is 43.3 Å². The summed E-state index contributed by atoms with van der Waals surface area (Å²) in [7, 11) is 3.06. The van der Waals surface area contributed by atoms with E-state index in [9.17, 15) is 4.79 Å². The molecule has 0 radical (unpaired) electrons. The predicted octanol–water partition coefficient (Wildman–Crippen LogP) is 2.77. The molecule has 2 aromatic rings. The first-order valence-corrected chi connectivity index (χ1v) is 9.30. The van der Waals surface area contributed by atoms with Crippen LogP contribution >= 0.6 is 0 Å². The lowest BCUT2D eigenvalue weighted by atomic mass is 10.1. The molecule has 154 valence electrons. The second-order valence-corrected chi connectivity index (χ2v) is 6.37. The third-order valence-electron chi connectivity index (χ3n) is 4.25. The second kappa shape index (κ2) is 11.6. The molecule has 0 aromatic heterocycles. The van der Waals surface area contributed by atoms with Gasteiger partial charge in [0.2, 0.25) is 0 Å². The summed E-state index contributed by atoms with van der Waals surface area (Å²) in [5, 5.41) is 2.87. The SMILES string of the molecule is C#CCOc1ccc(CCNC(=O)[C@@H](COc2ccc(C)cc2)OC)cc1OC. The van der Waals surface area contributed by atoms with Gasteiger partial charge in [-0.3, -0.25) is 4.79 Å². The molecule has 0 spiro atoms. The van der Waals surface area contributed by atoms with Crippen LogP contribution in [0.3, 0.4) is 0 Å². The van der Waals surface area contributed by atoms with Crippen molar-refractivity contribution in [3.63, 3.8) is 0 Å². The summed E-state index contributed by atoms with van der Waals surface area (Å²) >= 11 is 0. The zero-order chi connectivity index (χ0) is 21.1. The van der Waals surface area contributed by atoms with E-state index in [0.717, 1.165) is 11.1 Å². The molecule has 0 aliphatic carbocycles. The minimum absolute atomic E-state index is 0.139. The molecule has 0 saturated heterocycles. The van der Waals surface area contributed by atoms with Gasteiger partial charge in [-0.1, -0.05) is 29.7 Å². The van der Waals surface area contributed by atoms with Crippen molar-refractivity contribution in [3.05, 3.63) is 53.6 Å². The molecule has 1 amide bonds. The van der Waals surface area contributed by atoms with Crippen LogP contribution in [-0.2, 0) is 16.0 Å². The Kier molecular flexibility index (Phi) is 8.87. The van der Waals surface area contributed by atoms with Gasteiger partial charge in [-0.2, -0.15) is 0 Å². The van der Waals surface area contributed by atoms with Gasteiger partial charge in [0, 0.05) is 13.7 Å². The van der Waals surface area contributed by atoms with Crippen LogP contribution in [0, 0.1) is 19.3 Å². The molecule has 1 N–H and O–H groups in total. The molecule has 0 aliphatic heterocycles. The van der Waals surface area contributed by atoms with E-state index in [-0.39, 0.29) is 19.1 Å². The van der Waals surface area contributed by atoms with Crippen molar-refractivity contribution >= 4 is 5.91 Å². The van der Waals surface area contributed by atoms with Gasteiger partial charge in [0.15, 0.2) is 17.6 Å². The Morgan fingerprint density at radius 2 is 1.86 bits per heavy atom. The minimum atomic E-state index is -0.689. The van der Waals surface area contributed by atoms with Crippen molar-refractivity contribution in [2.75, 3.05) is 34.0 Å². The number of benzene rings is 2. The lowest BCUT2D eigenvalue weighted by molar-refractivity contribution is -0.132. The largest absolute Gasteiger partial charge is 0.493 e. The number of aryl methyl sites for hydroxylation is 1. The fraction of sp³-hybridized carbons (Fsp3) is 0.348. The van der Waals surface area contributed by atoms with Crippen LogP contribution in [0.5, 0.6) is 17.2 Å². The van der Waals surface area contributed by atoms with Crippen LogP contribution in [0.15, 0.2) is 42.5 Å². The van der Waals surface area contributed by atoms with Crippen molar-refractivity contribution in [2.24, 2.45) is 0 Å². The molecule has 6 heteroatoms. The molecular formula is C23H27NO5. The van der Waals surface area contributed by atoms with Crippen molar-refractivity contribution in [3.8, 4) is 29.6 Å². The first kappa shape index (κ1) is 22.1. The second-order valence-electron chi connectivity index (χ2n) is 6.37. The highest BCUT2D eigenvalue weighted by Crippen LogP contribution is 2.28.